The van der Waals surface area contributed by atoms with Gasteiger partial charge in [0.1, 0.15) is 0 Å². The standard InChI is InChI=1S/C21H26N4O3/c1-14-18(15(2)25(23-14)17-8-4-3-5-9-17)11-22-20(28)24-12-16-7-6-10-21(16,13-24)19(26)27/h3-5,8-9,16H,6-7,10-13H2,1-2H3,(H,22,28)(H,26,27)/t16-,21+/m0/s1. The van der Waals surface area contributed by atoms with Crippen molar-refractivity contribution in [3.8, 4) is 5.69 Å². The van der Waals surface area contributed by atoms with E-state index in [0.717, 1.165) is 35.5 Å². The van der Waals surface area contributed by atoms with Gasteiger partial charge in [0, 0.05) is 30.9 Å². The number of nitrogens with zero attached hydrogens (tertiary/aromatic N) is 3. The number of hydrogen-bond donors (Lipinski definition) is 2. The molecule has 2 aliphatic rings. The number of carbonyl (C=O) groups excluding carboxylic acids is 1. The molecule has 2 aromatic rings. The summed E-state index contributed by atoms with van der Waals surface area (Å²) in [4.78, 5) is 26.2. The predicted molar refractivity (Wildman–Crippen MR) is 104 cm³/mol. The maximum absolute atomic E-state index is 12.7. The molecule has 2 fully saturated rings. The van der Waals surface area contributed by atoms with E-state index in [0.29, 0.717) is 26.1 Å². The van der Waals surface area contributed by atoms with Crippen LogP contribution in [0.2, 0.25) is 0 Å². The molecule has 2 heterocycles. The maximum atomic E-state index is 12.7. The average Bonchev–Trinajstić information content (AvgIpc) is 3.32. The summed E-state index contributed by atoms with van der Waals surface area (Å²) < 4.78 is 1.89. The average molecular weight is 382 g/mol. The van der Waals surface area contributed by atoms with Crippen LogP contribution in [0.5, 0.6) is 0 Å². The molecule has 1 aliphatic heterocycles. The number of aryl methyl sites for hydroxylation is 1. The van der Waals surface area contributed by atoms with Gasteiger partial charge >= 0.3 is 12.0 Å². The Hall–Kier alpha value is -2.83. The van der Waals surface area contributed by atoms with Crippen LogP contribution in [0.25, 0.3) is 5.69 Å². The van der Waals surface area contributed by atoms with Gasteiger partial charge in [0.15, 0.2) is 0 Å². The van der Waals surface area contributed by atoms with Crippen LogP contribution in [0.3, 0.4) is 0 Å². The molecule has 148 valence electrons. The Labute approximate surface area is 164 Å². The first-order chi connectivity index (χ1) is 13.4. The smallest absolute Gasteiger partial charge is 0.317 e. The lowest BCUT2D eigenvalue weighted by Crippen LogP contribution is -2.41. The molecule has 7 nitrogen and oxygen atoms in total. The molecule has 2 amide bonds. The second kappa shape index (κ2) is 6.96. The zero-order valence-corrected chi connectivity index (χ0v) is 16.3. The number of amides is 2. The number of rotatable bonds is 4. The van der Waals surface area contributed by atoms with Gasteiger partial charge in [-0.3, -0.25) is 4.79 Å². The van der Waals surface area contributed by atoms with Crippen molar-refractivity contribution in [3.05, 3.63) is 47.3 Å². The Bertz CT molecular complexity index is 908. The van der Waals surface area contributed by atoms with E-state index in [-0.39, 0.29) is 11.9 Å². The number of urea groups is 1. The van der Waals surface area contributed by atoms with Crippen molar-refractivity contribution < 1.29 is 14.7 Å². The molecule has 4 rings (SSSR count). The van der Waals surface area contributed by atoms with E-state index in [1.807, 2.05) is 48.9 Å². The summed E-state index contributed by atoms with van der Waals surface area (Å²) in [7, 11) is 0. The summed E-state index contributed by atoms with van der Waals surface area (Å²) in [5.41, 5.74) is 3.09. The molecular formula is C21H26N4O3. The van der Waals surface area contributed by atoms with Gasteiger partial charge in [-0.2, -0.15) is 5.10 Å². The van der Waals surface area contributed by atoms with Crippen LogP contribution in [0, 0.1) is 25.2 Å². The number of carboxylic acids is 1. The molecule has 2 N–H and O–H groups in total. The molecule has 7 heteroatoms. The second-order valence-electron chi connectivity index (χ2n) is 7.99. The van der Waals surface area contributed by atoms with Gasteiger partial charge in [0.2, 0.25) is 0 Å². The highest BCUT2D eigenvalue weighted by Gasteiger charge is 2.55. The second-order valence-corrected chi connectivity index (χ2v) is 7.99. The van der Waals surface area contributed by atoms with Crippen LogP contribution in [0.15, 0.2) is 30.3 Å². The molecule has 1 saturated carbocycles. The van der Waals surface area contributed by atoms with Crippen molar-refractivity contribution >= 4 is 12.0 Å². The predicted octanol–water partition coefficient (Wildman–Crippen LogP) is 2.89. The number of para-hydroxylation sites is 1. The number of carboxylic acid groups (broad SMARTS) is 1. The zero-order valence-electron chi connectivity index (χ0n) is 16.3. The minimum Gasteiger partial charge on any atom is -0.481 e. The van der Waals surface area contributed by atoms with Crippen molar-refractivity contribution in [3.63, 3.8) is 0 Å². The number of aromatic nitrogens is 2. The van der Waals surface area contributed by atoms with E-state index in [2.05, 4.69) is 10.4 Å². The Morgan fingerprint density at radius 1 is 1.29 bits per heavy atom. The molecule has 1 aliphatic carbocycles. The fourth-order valence-electron chi connectivity index (χ4n) is 4.82. The lowest BCUT2D eigenvalue weighted by molar-refractivity contribution is -0.149. The normalized spacial score (nSPS) is 23.6. The molecule has 2 atom stereocenters. The van der Waals surface area contributed by atoms with Gasteiger partial charge in [0.05, 0.1) is 16.8 Å². The number of fused-ring (bicyclic) bond motifs is 1. The summed E-state index contributed by atoms with van der Waals surface area (Å²) in [6.07, 6.45) is 2.49. The molecule has 1 aromatic carbocycles. The highest BCUT2D eigenvalue weighted by Crippen LogP contribution is 2.48. The maximum Gasteiger partial charge on any atom is 0.317 e. The molecule has 0 bridgehead atoms. The summed E-state index contributed by atoms with van der Waals surface area (Å²) in [6, 6.07) is 9.70. The van der Waals surface area contributed by atoms with Gasteiger partial charge in [-0.1, -0.05) is 24.6 Å². The third kappa shape index (κ3) is 2.95. The minimum absolute atomic E-state index is 0.0695. The third-order valence-corrected chi connectivity index (χ3v) is 6.44. The monoisotopic (exact) mass is 382 g/mol. The molecule has 0 radical (unpaired) electrons. The van der Waals surface area contributed by atoms with Crippen LogP contribution in [-0.4, -0.2) is 44.9 Å². The van der Waals surface area contributed by atoms with E-state index in [1.165, 1.54) is 0 Å². The Balaban J connectivity index is 1.45. The molecule has 0 spiro atoms. The first-order valence-electron chi connectivity index (χ1n) is 9.79. The lowest BCUT2D eigenvalue weighted by Gasteiger charge is -2.23. The van der Waals surface area contributed by atoms with Crippen molar-refractivity contribution in [1.82, 2.24) is 20.0 Å². The van der Waals surface area contributed by atoms with Gasteiger partial charge in [0.25, 0.3) is 0 Å². The number of carbonyl (C=O) groups is 2. The molecular weight excluding hydrogens is 356 g/mol. The van der Waals surface area contributed by atoms with Crippen molar-refractivity contribution in [1.29, 1.82) is 0 Å². The first kappa shape index (κ1) is 18.5. The highest BCUT2D eigenvalue weighted by atomic mass is 16.4. The molecule has 0 unspecified atom stereocenters. The summed E-state index contributed by atoms with van der Waals surface area (Å²) in [5.74, 6) is -0.693. The minimum atomic E-state index is -0.763. The number of aliphatic carboxylic acids is 1. The van der Waals surface area contributed by atoms with Crippen LogP contribution >= 0.6 is 0 Å². The van der Waals surface area contributed by atoms with Gasteiger partial charge in [-0.05, 0) is 44.7 Å². The summed E-state index contributed by atoms with van der Waals surface area (Å²) in [5, 5.41) is 17.3. The van der Waals surface area contributed by atoms with Crippen LogP contribution in [0.1, 0.15) is 36.2 Å². The Kier molecular flexibility index (Phi) is 4.61. The van der Waals surface area contributed by atoms with E-state index >= 15 is 0 Å². The van der Waals surface area contributed by atoms with Crippen molar-refractivity contribution in [2.24, 2.45) is 11.3 Å². The highest BCUT2D eigenvalue weighted by molar-refractivity contribution is 5.80. The van der Waals surface area contributed by atoms with E-state index < -0.39 is 11.4 Å². The van der Waals surface area contributed by atoms with Crippen molar-refractivity contribution in [2.75, 3.05) is 13.1 Å². The molecule has 1 aromatic heterocycles. The van der Waals surface area contributed by atoms with E-state index in [4.69, 9.17) is 0 Å². The SMILES string of the molecule is Cc1nn(-c2ccccc2)c(C)c1CNC(=O)N1C[C@@H]2CCC[C@@]2(C(=O)O)C1. The van der Waals surface area contributed by atoms with Crippen molar-refractivity contribution in [2.45, 2.75) is 39.7 Å². The third-order valence-electron chi connectivity index (χ3n) is 6.44. The largest absolute Gasteiger partial charge is 0.481 e. The van der Waals surface area contributed by atoms with Crippen LogP contribution in [0.4, 0.5) is 4.79 Å². The zero-order chi connectivity index (χ0) is 19.9. The van der Waals surface area contributed by atoms with E-state index in [1.54, 1.807) is 4.90 Å². The fourth-order valence-corrected chi connectivity index (χ4v) is 4.82. The van der Waals surface area contributed by atoms with Crippen LogP contribution < -0.4 is 5.32 Å². The fraction of sp³-hybridized carbons (Fsp3) is 0.476. The van der Waals surface area contributed by atoms with E-state index in [9.17, 15) is 14.7 Å². The quantitative estimate of drug-likeness (QED) is 0.851. The number of likely N-dealkylation sites (tertiary alicyclic amines) is 1. The first-order valence-corrected chi connectivity index (χ1v) is 9.79. The number of nitrogens with one attached hydrogen (secondary N) is 1. The van der Waals surface area contributed by atoms with Crippen LogP contribution in [-0.2, 0) is 11.3 Å². The summed E-state index contributed by atoms with van der Waals surface area (Å²) in [6.45, 7) is 5.14. The molecule has 1 saturated heterocycles. The number of hydrogen-bond acceptors (Lipinski definition) is 3. The Morgan fingerprint density at radius 3 is 2.71 bits per heavy atom. The number of benzene rings is 1. The van der Waals surface area contributed by atoms with Gasteiger partial charge < -0.3 is 15.3 Å². The topological polar surface area (TPSA) is 87.5 Å². The van der Waals surface area contributed by atoms with Gasteiger partial charge in [-0.25, -0.2) is 9.48 Å². The molecule has 28 heavy (non-hydrogen) atoms. The van der Waals surface area contributed by atoms with Gasteiger partial charge in [-0.15, -0.1) is 0 Å². The summed E-state index contributed by atoms with van der Waals surface area (Å²) >= 11 is 0. The lowest BCUT2D eigenvalue weighted by atomic mass is 9.81. The Morgan fingerprint density at radius 2 is 2.04 bits per heavy atom.